The molecular weight excluding hydrogens is 232 g/mol. The average Bonchev–Trinajstić information content (AvgIpc) is 2.34. The van der Waals surface area contributed by atoms with Crippen LogP contribution in [0.15, 0.2) is 36.7 Å². The van der Waals surface area contributed by atoms with Crippen LogP contribution in [0, 0.1) is 6.92 Å². The first-order valence-electron chi connectivity index (χ1n) is 5.41. The number of aryl methyl sites for hydroxylation is 1. The summed E-state index contributed by atoms with van der Waals surface area (Å²) in [6, 6.07) is 6.86. The molecule has 0 fully saturated rings. The van der Waals surface area contributed by atoms with Gasteiger partial charge in [0.05, 0.1) is 12.1 Å². The highest BCUT2D eigenvalue weighted by Gasteiger charge is 2.04. The number of rotatable bonds is 4. The molecule has 0 aliphatic rings. The third-order valence-electron chi connectivity index (χ3n) is 2.33. The van der Waals surface area contributed by atoms with Crippen LogP contribution in [0.3, 0.4) is 0 Å². The molecule has 0 bridgehead atoms. The molecule has 0 atom stereocenters. The number of aromatic nitrogens is 2. The van der Waals surface area contributed by atoms with Crippen LogP contribution in [0.2, 0.25) is 0 Å². The molecule has 0 radical (unpaired) electrons. The SMILES string of the molecule is Cc1nccnc1Oc1ccc(CC(=O)O)cc1. The zero-order valence-corrected chi connectivity index (χ0v) is 9.83. The number of ether oxygens (including phenoxy) is 1. The Hall–Kier alpha value is -2.43. The first-order valence-corrected chi connectivity index (χ1v) is 5.41. The summed E-state index contributed by atoms with van der Waals surface area (Å²) in [4.78, 5) is 18.7. The monoisotopic (exact) mass is 244 g/mol. The molecule has 0 saturated heterocycles. The molecular formula is C13H12N2O3. The Balaban J connectivity index is 2.11. The van der Waals surface area contributed by atoms with Crippen molar-refractivity contribution in [1.82, 2.24) is 9.97 Å². The summed E-state index contributed by atoms with van der Waals surface area (Å²) in [6.07, 6.45) is 3.16. The van der Waals surface area contributed by atoms with Gasteiger partial charge in [0.15, 0.2) is 0 Å². The summed E-state index contributed by atoms with van der Waals surface area (Å²) in [7, 11) is 0. The van der Waals surface area contributed by atoms with Gasteiger partial charge in [-0.15, -0.1) is 0 Å². The van der Waals surface area contributed by atoms with Crippen molar-refractivity contribution in [3.63, 3.8) is 0 Å². The van der Waals surface area contributed by atoms with Gasteiger partial charge in [-0.25, -0.2) is 4.98 Å². The van der Waals surface area contributed by atoms with E-state index in [0.29, 0.717) is 17.3 Å². The number of hydrogen-bond acceptors (Lipinski definition) is 4. The molecule has 2 aromatic rings. The fourth-order valence-corrected chi connectivity index (χ4v) is 1.46. The van der Waals surface area contributed by atoms with E-state index < -0.39 is 5.97 Å². The van der Waals surface area contributed by atoms with Crippen molar-refractivity contribution in [3.8, 4) is 11.6 Å². The second-order valence-corrected chi connectivity index (χ2v) is 3.76. The number of carbonyl (C=O) groups is 1. The maximum Gasteiger partial charge on any atom is 0.307 e. The zero-order valence-electron chi connectivity index (χ0n) is 9.83. The second-order valence-electron chi connectivity index (χ2n) is 3.76. The maximum atomic E-state index is 10.5. The molecule has 1 aromatic carbocycles. The number of aliphatic carboxylic acids is 1. The molecule has 92 valence electrons. The first kappa shape index (κ1) is 12.0. The Labute approximate surface area is 104 Å². The van der Waals surface area contributed by atoms with Gasteiger partial charge in [-0.05, 0) is 24.6 Å². The van der Waals surface area contributed by atoms with E-state index in [0.717, 1.165) is 5.56 Å². The quantitative estimate of drug-likeness (QED) is 0.892. The van der Waals surface area contributed by atoms with E-state index in [1.54, 1.807) is 43.6 Å². The molecule has 0 unspecified atom stereocenters. The number of carboxylic acid groups (broad SMARTS) is 1. The largest absolute Gasteiger partial charge is 0.481 e. The molecule has 0 saturated carbocycles. The van der Waals surface area contributed by atoms with Crippen molar-refractivity contribution in [1.29, 1.82) is 0 Å². The molecule has 0 aliphatic carbocycles. The minimum Gasteiger partial charge on any atom is -0.481 e. The van der Waals surface area contributed by atoms with Gasteiger partial charge in [-0.2, -0.15) is 0 Å². The van der Waals surface area contributed by atoms with Crippen molar-refractivity contribution in [2.45, 2.75) is 13.3 Å². The van der Waals surface area contributed by atoms with Crippen LogP contribution < -0.4 is 4.74 Å². The Bertz CT molecular complexity index is 552. The number of hydrogen-bond donors (Lipinski definition) is 1. The molecule has 1 N–H and O–H groups in total. The van der Waals surface area contributed by atoms with Gasteiger partial charge in [0.2, 0.25) is 5.88 Å². The fourth-order valence-electron chi connectivity index (χ4n) is 1.46. The van der Waals surface area contributed by atoms with Gasteiger partial charge in [0, 0.05) is 12.4 Å². The minimum absolute atomic E-state index is 0.00441. The van der Waals surface area contributed by atoms with Crippen molar-refractivity contribution in [2.24, 2.45) is 0 Å². The first-order chi connectivity index (χ1) is 8.65. The highest BCUT2D eigenvalue weighted by Crippen LogP contribution is 2.21. The van der Waals surface area contributed by atoms with Crippen LogP contribution in [0.1, 0.15) is 11.3 Å². The van der Waals surface area contributed by atoms with Crippen molar-refractivity contribution in [3.05, 3.63) is 47.9 Å². The van der Waals surface area contributed by atoms with Crippen LogP contribution in [0.5, 0.6) is 11.6 Å². The molecule has 0 amide bonds. The summed E-state index contributed by atoms with van der Waals surface area (Å²) in [5.74, 6) is 0.199. The van der Waals surface area contributed by atoms with Gasteiger partial charge in [0.25, 0.3) is 0 Å². The van der Waals surface area contributed by atoms with Crippen molar-refractivity contribution >= 4 is 5.97 Å². The smallest absolute Gasteiger partial charge is 0.307 e. The molecule has 5 heteroatoms. The Morgan fingerprint density at radius 3 is 2.50 bits per heavy atom. The third kappa shape index (κ3) is 3.04. The van der Waals surface area contributed by atoms with E-state index in [1.165, 1.54) is 0 Å². The summed E-state index contributed by atoms with van der Waals surface area (Å²) >= 11 is 0. The Morgan fingerprint density at radius 2 is 1.89 bits per heavy atom. The Kier molecular flexibility index (Phi) is 3.52. The lowest BCUT2D eigenvalue weighted by Gasteiger charge is -2.06. The van der Waals surface area contributed by atoms with Gasteiger partial charge in [0.1, 0.15) is 5.75 Å². The predicted octanol–water partition coefficient (Wildman–Crippen LogP) is 2.20. The van der Waals surface area contributed by atoms with E-state index >= 15 is 0 Å². The Morgan fingerprint density at radius 1 is 1.22 bits per heavy atom. The highest BCUT2D eigenvalue weighted by molar-refractivity contribution is 5.70. The van der Waals surface area contributed by atoms with E-state index in [1.807, 2.05) is 0 Å². The number of carboxylic acids is 1. The lowest BCUT2D eigenvalue weighted by molar-refractivity contribution is -0.136. The second kappa shape index (κ2) is 5.27. The third-order valence-corrected chi connectivity index (χ3v) is 2.33. The normalized spacial score (nSPS) is 10.1. The van der Waals surface area contributed by atoms with E-state index in [2.05, 4.69) is 9.97 Å². The summed E-state index contributed by atoms with van der Waals surface area (Å²) < 4.78 is 5.55. The van der Waals surface area contributed by atoms with Gasteiger partial charge >= 0.3 is 5.97 Å². The van der Waals surface area contributed by atoms with E-state index in [9.17, 15) is 4.79 Å². The van der Waals surface area contributed by atoms with E-state index in [-0.39, 0.29) is 6.42 Å². The van der Waals surface area contributed by atoms with Crippen LogP contribution in [-0.2, 0) is 11.2 Å². The summed E-state index contributed by atoms with van der Waals surface area (Å²) in [6.45, 7) is 1.81. The van der Waals surface area contributed by atoms with Gasteiger partial charge < -0.3 is 9.84 Å². The molecule has 5 nitrogen and oxygen atoms in total. The van der Waals surface area contributed by atoms with Gasteiger partial charge in [-0.1, -0.05) is 12.1 Å². The van der Waals surface area contributed by atoms with Crippen LogP contribution >= 0.6 is 0 Å². The van der Waals surface area contributed by atoms with Crippen LogP contribution in [0.4, 0.5) is 0 Å². The van der Waals surface area contributed by atoms with Crippen LogP contribution in [-0.4, -0.2) is 21.0 Å². The van der Waals surface area contributed by atoms with Crippen LogP contribution in [0.25, 0.3) is 0 Å². The van der Waals surface area contributed by atoms with Crippen molar-refractivity contribution in [2.75, 3.05) is 0 Å². The van der Waals surface area contributed by atoms with E-state index in [4.69, 9.17) is 9.84 Å². The summed E-state index contributed by atoms with van der Waals surface area (Å²) in [5.41, 5.74) is 1.43. The summed E-state index contributed by atoms with van der Waals surface area (Å²) in [5, 5.41) is 8.66. The van der Waals surface area contributed by atoms with Gasteiger partial charge in [-0.3, -0.25) is 9.78 Å². The number of nitrogens with zero attached hydrogens (tertiary/aromatic N) is 2. The molecule has 1 aromatic heterocycles. The molecule has 0 aliphatic heterocycles. The maximum absolute atomic E-state index is 10.5. The molecule has 2 rings (SSSR count). The lowest BCUT2D eigenvalue weighted by Crippen LogP contribution is -1.99. The number of benzene rings is 1. The molecule has 1 heterocycles. The molecule has 0 spiro atoms. The lowest BCUT2D eigenvalue weighted by atomic mass is 10.1. The fraction of sp³-hybridized carbons (Fsp3) is 0.154. The van der Waals surface area contributed by atoms with Crippen molar-refractivity contribution < 1.29 is 14.6 Å². The topological polar surface area (TPSA) is 72.3 Å². The zero-order chi connectivity index (χ0) is 13.0. The predicted molar refractivity (Wildman–Crippen MR) is 64.6 cm³/mol. The average molecular weight is 244 g/mol. The standard InChI is InChI=1S/C13H12N2O3/c1-9-13(15-7-6-14-9)18-11-4-2-10(3-5-11)8-12(16)17/h2-7H,8H2,1H3,(H,16,17). The molecule has 18 heavy (non-hydrogen) atoms. The highest BCUT2D eigenvalue weighted by atomic mass is 16.5. The minimum atomic E-state index is -0.853.